The monoisotopic (exact) mass is 566 g/mol. The van der Waals surface area contributed by atoms with Gasteiger partial charge in [0.15, 0.2) is 11.5 Å². The number of Topliss-reactive ketones (excluding diaryl/α,β-unsaturated/α-hetero) is 1. The van der Waals surface area contributed by atoms with Crippen molar-refractivity contribution in [3.8, 4) is 17.2 Å². The molecule has 1 N–H and O–H groups in total. The zero-order chi connectivity index (χ0) is 28.0. The lowest BCUT2D eigenvalue weighted by Crippen LogP contribution is -2.29. The summed E-state index contributed by atoms with van der Waals surface area (Å²) in [5.74, 6) is -1.49. The first-order valence-electron chi connectivity index (χ1n) is 11.8. The number of hydrogen-bond acceptors (Lipinski definition) is 6. The number of ketones is 1. The molecule has 1 aliphatic rings. The molecule has 39 heavy (non-hydrogen) atoms. The minimum atomic E-state index is -0.993. The average Bonchev–Trinajstić information content (AvgIpc) is 3.41. The van der Waals surface area contributed by atoms with Gasteiger partial charge in [-0.1, -0.05) is 47.5 Å². The van der Waals surface area contributed by atoms with Crippen molar-refractivity contribution in [3.63, 3.8) is 0 Å². The zero-order valence-corrected chi connectivity index (χ0v) is 23.0. The number of ether oxygens (including phenoxy) is 3. The number of para-hydroxylation sites is 1. The first kappa shape index (κ1) is 26.5. The SMILES string of the molecule is COc1cccc(N2C(=O)C(=O)/C(=C(/O)c3cc(Cl)c(OC)c(Cl)c3OC)C2c2cn(C)c3ccccc23)c1. The number of carbonyl (C=O) groups is 2. The predicted octanol–water partition coefficient (Wildman–Crippen LogP) is 6.14. The van der Waals surface area contributed by atoms with Crippen molar-refractivity contribution in [2.24, 2.45) is 7.05 Å². The van der Waals surface area contributed by atoms with E-state index in [0.29, 0.717) is 17.0 Å². The van der Waals surface area contributed by atoms with Crippen LogP contribution in [0.2, 0.25) is 10.0 Å². The van der Waals surface area contributed by atoms with Crippen molar-refractivity contribution >= 4 is 57.2 Å². The Morgan fingerprint density at radius 3 is 2.33 bits per heavy atom. The van der Waals surface area contributed by atoms with E-state index in [2.05, 4.69) is 0 Å². The molecule has 1 fully saturated rings. The largest absolute Gasteiger partial charge is 0.507 e. The van der Waals surface area contributed by atoms with E-state index < -0.39 is 23.5 Å². The number of benzene rings is 3. The molecule has 1 unspecified atom stereocenters. The number of aromatic nitrogens is 1. The number of aliphatic hydroxyl groups is 1. The second-order valence-corrected chi connectivity index (χ2v) is 9.65. The van der Waals surface area contributed by atoms with Gasteiger partial charge in [0.2, 0.25) is 0 Å². The van der Waals surface area contributed by atoms with Gasteiger partial charge in [-0.05, 0) is 24.3 Å². The van der Waals surface area contributed by atoms with Crippen LogP contribution < -0.4 is 19.1 Å². The molecule has 1 saturated heterocycles. The molecular formula is C29H24Cl2N2O6. The smallest absolute Gasteiger partial charge is 0.300 e. The maximum absolute atomic E-state index is 13.7. The van der Waals surface area contributed by atoms with Gasteiger partial charge in [0.1, 0.15) is 16.5 Å². The molecule has 0 radical (unpaired) electrons. The molecule has 0 bridgehead atoms. The predicted molar refractivity (Wildman–Crippen MR) is 150 cm³/mol. The van der Waals surface area contributed by atoms with E-state index in [1.807, 2.05) is 42.1 Å². The third-order valence-electron chi connectivity index (χ3n) is 6.79. The topological polar surface area (TPSA) is 90.2 Å². The molecule has 1 aromatic heterocycles. The lowest BCUT2D eigenvalue weighted by molar-refractivity contribution is -0.132. The molecule has 1 atom stereocenters. The van der Waals surface area contributed by atoms with Crippen LogP contribution >= 0.6 is 23.2 Å². The normalized spacial score (nSPS) is 16.7. The number of amides is 1. The molecule has 1 amide bonds. The number of nitrogens with zero attached hydrogens (tertiary/aromatic N) is 2. The summed E-state index contributed by atoms with van der Waals surface area (Å²) in [7, 11) is 6.14. The Kier molecular flexibility index (Phi) is 6.92. The molecule has 200 valence electrons. The Bertz CT molecular complexity index is 1680. The van der Waals surface area contributed by atoms with E-state index in [4.69, 9.17) is 37.4 Å². The molecule has 10 heteroatoms. The van der Waals surface area contributed by atoms with Crippen LogP contribution in [0.1, 0.15) is 17.2 Å². The maximum atomic E-state index is 13.7. The summed E-state index contributed by atoms with van der Waals surface area (Å²) in [5, 5.41) is 12.6. The van der Waals surface area contributed by atoms with Crippen LogP contribution in [0.4, 0.5) is 5.69 Å². The van der Waals surface area contributed by atoms with E-state index in [1.54, 1.807) is 24.3 Å². The van der Waals surface area contributed by atoms with Gasteiger partial charge in [-0.25, -0.2) is 0 Å². The Labute approximate surface area is 234 Å². The fourth-order valence-corrected chi connectivity index (χ4v) is 5.72. The molecule has 0 aliphatic carbocycles. The summed E-state index contributed by atoms with van der Waals surface area (Å²) in [6.07, 6.45) is 1.84. The van der Waals surface area contributed by atoms with Gasteiger partial charge in [-0.2, -0.15) is 0 Å². The summed E-state index contributed by atoms with van der Waals surface area (Å²) in [4.78, 5) is 28.7. The lowest BCUT2D eigenvalue weighted by Gasteiger charge is -2.25. The third kappa shape index (κ3) is 4.16. The number of aryl methyl sites for hydroxylation is 1. The van der Waals surface area contributed by atoms with Gasteiger partial charge in [-0.15, -0.1) is 0 Å². The molecule has 0 spiro atoms. The van der Waals surface area contributed by atoms with Crippen LogP contribution in [0.15, 0.2) is 66.4 Å². The highest BCUT2D eigenvalue weighted by Crippen LogP contribution is 2.49. The molecule has 2 heterocycles. The Morgan fingerprint density at radius 1 is 0.923 bits per heavy atom. The molecule has 4 aromatic rings. The van der Waals surface area contributed by atoms with Crippen LogP contribution in [-0.2, 0) is 16.6 Å². The van der Waals surface area contributed by atoms with Crippen molar-refractivity contribution in [2.75, 3.05) is 26.2 Å². The molecular weight excluding hydrogens is 543 g/mol. The van der Waals surface area contributed by atoms with Crippen molar-refractivity contribution in [1.82, 2.24) is 4.57 Å². The molecule has 3 aromatic carbocycles. The number of carbonyl (C=O) groups excluding carboxylic acids is 2. The maximum Gasteiger partial charge on any atom is 0.300 e. The fourth-order valence-electron chi connectivity index (χ4n) is 5.04. The summed E-state index contributed by atoms with van der Waals surface area (Å²) >= 11 is 12.9. The van der Waals surface area contributed by atoms with Gasteiger partial charge in [-0.3, -0.25) is 14.5 Å². The fraction of sp³-hybridized carbons (Fsp3) is 0.172. The van der Waals surface area contributed by atoms with Crippen LogP contribution in [0.3, 0.4) is 0 Å². The van der Waals surface area contributed by atoms with Gasteiger partial charge in [0, 0.05) is 41.5 Å². The number of methoxy groups -OCH3 is 3. The quantitative estimate of drug-likeness (QED) is 0.171. The minimum absolute atomic E-state index is 0.0118. The van der Waals surface area contributed by atoms with Gasteiger partial charge in [0.25, 0.3) is 11.7 Å². The average molecular weight is 567 g/mol. The Morgan fingerprint density at radius 2 is 1.64 bits per heavy atom. The number of rotatable bonds is 6. The lowest BCUT2D eigenvalue weighted by atomic mass is 9.94. The number of halogens is 2. The van der Waals surface area contributed by atoms with Crippen molar-refractivity contribution in [2.45, 2.75) is 6.04 Å². The van der Waals surface area contributed by atoms with E-state index in [0.717, 1.165) is 10.9 Å². The number of hydrogen-bond donors (Lipinski definition) is 1. The highest BCUT2D eigenvalue weighted by molar-refractivity contribution is 6.52. The molecule has 0 saturated carbocycles. The number of fused-ring (bicyclic) bond motifs is 1. The molecule has 1 aliphatic heterocycles. The van der Waals surface area contributed by atoms with Crippen LogP contribution in [-0.4, -0.2) is 42.7 Å². The summed E-state index contributed by atoms with van der Waals surface area (Å²) < 4.78 is 18.0. The number of aliphatic hydroxyl groups excluding tert-OH is 1. The summed E-state index contributed by atoms with van der Waals surface area (Å²) in [5.41, 5.74) is 1.85. The van der Waals surface area contributed by atoms with Gasteiger partial charge >= 0.3 is 0 Å². The second kappa shape index (κ2) is 10.2. The Hall–Kier alpha value is -4.14. The van der Waals surface area contributed by atoms with Crippen molar-refractivity contribution < 1.29 is 28.9 Å². The van der Waals surface area contributed by atoms with Crippen molar-refractivity contribution in [3.05, 3.63) is 87.5 Å². The zero-order valence-electron chi connectivity index (χ0n) is 21.5. The van der Waals surface area contributed by atoms with E-state index in [9.17, 15) is 14.7 Å². The Balaban J connectivity index is 1.85. The molecule has 8 nitrogen and oxygen atoms in total. The van der Waals surface area contributed by atoms with Crippen LogP contribution in [0.25, 0.3) is 16.7 Å². The third-order valence-corrected chi connectivity index (χ3v) is 7.42. The summed E-state index contributed by atoms with van der Waals surface area (Å²) in [6.45, 7) is 0. The summed E-state index contributed by atoms with van der Waals surface area (Å²) in [6, 6.07) is 14.8. The second-order valence-electron chi connectivity index (χ2n) is 8.87. The van der Waals surface area contributed by atoms with E-state index >= 15 is 0 Å². The minimum Gasteiger partial charge on any atom is -0.507 e. The number of anilines is 1. The highest BCUT2D eigenvalue weighted by Gasteiger charge is 2.48. The van der Waals surface area contributed by atoms with Gasteiger partial charge in [0.05, 0.1) is 43.5 Å². The van der Waals surface area contributed by atoms with Gasteiger partial charge < -0.3 is 23.9 Å². The van der Waals surface area contributed by atoms with Crippen LogP contribution in [0, 0.1) is 0 Å². The van der Waals surface area contributed by atoms with E-state index in [-0.39, 0.29) is 32.7 Å². The first-order chi connectivity index (χ1) is 18.7. The molecule has 5 rings (SSSR count). The van der Waals surface area contributed by atoms with Crippen molar-refractivity contribution in [1.29, 1.82) is 0 Å². The van der Waals surface area contributed by atoms with Crippen LogP contribution in [0.5, 0.6) is 17.2 Å². The highest BCUT2D eigenvalue weighted by atomic mass is 35.5. The van der Waals surface area contributed by atoms with E-state index in [1.165, 1.54) is 32.3 Å². The standard InChI is InChI=1S/C29H24Cl2N2O6/c1-32-14-19(17-10-5-6-11-21(17)32)24-22(25(34)18-13-20(30)28(39-4)23(31)27(18)38-3)26(35)29(36)33(24)15-8-7-9-16(12-15)37-2/h5-14,24,34H,1-4H3/b25-22+. The first-order valence-corrected chi connectivity index (χ1v) is 12.6.